The summed E-state index contributed by atoms with van der Waals surface area (Å²) in [6.45, 7) is 1.99. The van der Waals surface area contributed by atoms with Crippen LogP contribution in [-0.2, 0) is 0 Å². The van der Waals surface area contributed by atoms with E-state index < -0.39 is 0 Å². The molecule has 0 atom stereocenters. The molecular weight excluding hydrogens is 207 g/mol. The Labute approximate surface area is 87.7 Å². The van der Waals surface area contributed by atoms with E-state index in [2.05, 4.69) is 0 Å². The van der Waals surface area contributed by atoms with Crippen molar-refractivity contribution in [3.05, 3.63) is 33.8 Å². The molecule has 1 nitrogen and oxygen atoms in total. The normalized spacial score (nSPS) is 10.1. The number of hydrogen-bond donors (Lipinski definition) is 0. The summed E-state index contributed by atoms with van der Waals surface area (Å²) in [6, 6.07) is 5.19. The van der Waals surface area contributed by atoms with Crippen LogP contribution in [0.5, 0.6) is 0 Å². The summed E-state index contributed by atoms with van der Waals surface area (Å²) < 4.78 is 0. The van der Waals surface area contributed by atoms with Gasteiger partial charge in [0.2, 0.25) is 0 Å². The first-order valence-electron chi connectivity index (χ1n) is 4.16. The second-order valence-corrected chi connectivity index (χ2v) is 3.61. The van der Waals surface area contributed by atoms with Gasteiger partial charge in [0, 0.05) is 0 Å². The summed E-state index contributed by atoms with van der Waals surface area (Å²) in [5, 5.41) is 0.997. The van der Waals surface area contributed by atoms with Crippen molar-refractivity contribution in [2.75, 3.05) is 0 Å². The lowest BCUT2D eigenvalue weighted by Gasteiger charge is -1.99. The largest absolute Gasteiger partial charge is 0.326 e. The first kappa shape index (κ1) is 10.6. The fourth-order valence-corrected chi connectivity index (χ4v) is 1.75. The number of carbonyl (C=O) groups excluding carboxylic acids is 1. The van der Waals surface area contributed by atoms with Crippen LogP contribution in [0, 0.1) is 0 Å². The van der Waals surface area contributed by atoms with E-state index >= 15 is 0 Å². The smallest absolute Gasteiger partial charge is 0.278 e. The van der Waals surface area contributed by atoms with E-state index in [9.17, 15) is 4.79 Å². The van der Waals surface area contributed by atoms with E-state index in [1.54, 1.807) is 18.2 Å². The Balaban J connectivity index is 3.05. The van der Waals surface area contributed by atoms with Crippen LogP contribution in [0.4, 0.5) is 0 Å². The highest BCUT2D eigenvalue weighted by atomic mass is 35.5. The molecule has 0 amide bonds. The van der Waals surface area contributed by atoms with Gasteiger partial charge in [0.1, 0.15) is 5.56 Å². The van der Waals surface area contributed by atoms with E-state index in [1.165, 1.54) is 0 Å². The van der Waals surface area contributed by atoms with E-state index in [-0.39, 0.29) is 5.78 Å². The van der Waals surface area contributed by atoms with Crippen LogP contribution in [-0.4, -0.2) is 10.6 Å². The third-order valence-corrected chi connectivity index (χ3v) is 2.37. The Morgan fingerprint density at radius 1 is 1.31 bits per heavy atom. The topological polar surface area (TPSA) is 21.4 Å². The lowest BCUT2D eigenvalue weighted by molar-refractivity contribution is 0.657. The zero-order chi connectivity index (χ0) is 9.84. The predicted octanol–water partition coefficient (Wildman–Crippen LogP) is 3.69. The van der Waals surface area contributed by atoms with Crippen LogP contribution in [0.15, 0.2) is 18.2 Å². The van der Waals surface area contributed by atoms with Gasteiger partial charge in [-0.1, -0.05) is 36.2 Å². The summed E-state index contributed by atoms with van der Waals surface area (Å²) in [7, 11) is 0. The molecule has 1 rings (SSSR count). The Morgan fingerprint density at radius 3 is 2.31 bits per heavy atom. The summed E-state index contributed by atoms with van der Waals surface area (Å²) in [5.74, 6) is 0.262. The number of halogens is 2. The van der Waals surface area contributed by atoms with Crippen molar-refractivity contribution in [1.29, 1.82) is 0 Å². The molecule has 0 bridgehead atoms. The van der Waals surface area contributed by atoms with Crippen molar-refractivity contribution in [1.82, 2.24) is 0 Å². The molecule has 0 heterocycles. The molecule has 3 heteroatoms. The molecule has 1 aromatic carbocycles. The molecule has 0 aliphatic carbocycles. The zero-order valence-corrected chi connectivity index (χ0v) is 8.86. The first-order chi connectivity index (χ1) is 6.16. The first-order valence-corrected chi connectivity index (χ1v) is 4.91. The average molecular weight is 218 g/mol. The van der Waals surface area contributed by atoms with Gasteiger partial charge in [0.05, 0.1) is 16.5 Å². The van der Waals surface area contributed by atoms with Crippen molar-refractivity contribution in [2.24, 2.45) is 0 Å². The van der Waals surface area contributed by atoms with E-state index in [0.29, 0.717) is 22.0 Å². The minimum Gasteiger partial charge on any atom is -0.278 e. The Morgan fingerprint density at radius 2 is 1.85 bits per heavy atom. The van der Waals surface area contributed by atoms with Crippen molar-refractivity contribution in [2.45, 2.75) is 19.8 Å². The summed E-state index contributed by atoms with van der Waals surface area (Å²) in [6.07, 6.45) is 1.47. The van der Waals surface area contributed by atoms with Gasteiger partial charge in [-0.25, -0.2) is 0 Å². The van der Waals surface area contributed by atoms with E-state index in [0.717, 1.165) is 6.42 Å². The third kappa shape index (κ3) is 2.45. The van der Waals surface area contributed by atoms with E-state index in [1.807, 2.05) is 6.92 Å². The van der Waals surface area contributed by atoms with Crippen molar-refractivity contribution in [3.63, 3.8) is 0 Å². The quantitative estimate of drug-likeness (QED) is 0.545. The molecule has 0 fully saturated rings. The summed E-state index contributed by atoms with van der Waals surface area (Å²) >= 11 is 11.8. The molecule has 1 N–H and O–H groups in total. The van der Waals surface area contributed by atoms with Crippen LogP contribution in [0.3, 0.4) is 0 Å². The predicted molar refractivity (Wildman–Crippen MR) is 57.4 cm³/mol. The number of benzene rings is 1. The number of hydrogen-bond acceptors (Lipinski definition) is 0. The molecule has 13 heavy (non-hydrogen) atoms. The van der Waals surface area contributed by atoms with Crippen LogP contribution in [0.1, 0.15) is 25.3 Å². The molecule has 0 saturated heterocycles. The second kappa shape index (κ2) is 4.64. The van der Waals surface area contributed by atoms with E-state index in [4.69, 9.17) is 23.2 Å². The molecule has 70 valence electrons. The van der Waals surface area contributed by atoms with Gasteiger partial charge in [-0.15, -0.1) is 0 Å². The van der Waals surface area contributed by atoms with Crippen LogP contribution < -0.4 is 0 Å². The van der Waals surface area contributed by atoms with Gasteiger partial charge in [-0.05, 0) is 18.6 Å². The van der Waals surface area contributed by atoms with Crippen molar-refractivity contribution in [3.8, 4) is 0 Å². The minimum absolute atomic E-state index is 0.262. The maximum Gasteiger partial charge on any atom is 0.326 e. The average Bonchev–Trinajstić information content (AvgIpc) is 2.04. The fraction of sp³-hybridized carbons (Fsp3) is 0.300. The van der Waals surface area contributed by atoms with Gasteiger partial charge < -0.3 is 0 Å². The Hall–Kier alpha value is -0.530. The minimum atomic E-state index is 0.262. The Kier molecular flexibility index (Phi) is 3.76. The molecule has 0 unspecified atom stereocenters. The number of rotatable bonds is 3. The molecule has 0 radical (unpaired) electrons. The molecule has 0 aliphatic heterocycles. The third-order valence-electron chi connectivity index (χ3n) is 1.74. The molecule has 0 aliphatic rings. The molecule has 0 spiro atoms. The zero-order valence-electron chi connectivity index (χ0n) is 7.35. The van der Waals surface area contributed by atoms with Crippen LogP contribution >= 0.6 is 23.2 Å². The highest BCUT2D eigenvalue weighted by Crippen LogP contribution is 2.25. The maximum absolute atomic E-state index is 9.63. The van der Waals surface area contributed by atoms with Gasteiger partial charge in [-0.2, -0.15) is 0 Å². The monoisotopic (exact) mass is 217 g/mol. The van der Waals surface area contributed by atoms with Crippen molar-refractivity contribution < 1.29 is 4.79 Å². The van der Waals surface area contributed by atoms with Gasteiger partial charge >= 0.3 is 5.78 Å². The summed E-state index contributed by atoms with van der Waals surface area (Å²) in [4.78, 5) is 9.63. The lowest BCUT2D eigenvalue weighted by Crippen LogP contribution is -2.01. The SMILES string of the molecule is CCCC(=[OH+])c1c(Cl)cccc1Cl. The highest BCUT2D eigenvalue weighted by Gasteiger charge is 2.18. The summed E-state index contributed by atoms with van der Waals surface area (Å²) in [5.41, 5.74) is 0.563. The van der Waals surface area contributed by atoms with Gasteiger partial charge in [0.15, 0.2) is 0 Å². The standard InChI is InChI=1S/C10H10Cl2O/c1-2-4-9(13)10-7(11)5-3-6-8(10)12/h3,5-6H,2,4H2,1H3/p+1. The van der Waals surface area contributed by atoms with Gasteiger partial charge in [-0.3, -0.25) is 4.79 Å². The Bertz CT molecular complexity index is 300. The molecular formula is C10H11Cl2O+. The molecule has 1 aromatic rings. The highest BCUT2D eigenvalue weighted by molar-refractivity contribution is 6.39. The second-order valence-electron chi connectivity index (χ2n) is 2.79. The molecule has 0 saturated carbocycles. The van der Waals surface area contributed by atoms with Gasteiger partial charge in [0.25, 0.3) is 0 Å². The van der Waals surface area contributed by atoms with Crippen molar-refractivity contribution >= 4 is 29.0 Å². The maximum atomic E-state index is 9.63. The van der Waals surface area contributed by atoms with Crippen LogP contribution in [0.25, 0.3) is 0 Å². The molecule has 0 aromatic heterocycles. The fourth-order valence-electron chi connectivity index (χ4n) is 1.14. The lowest BCUT2D eigenvalue weighted by atomic mass is 10.1. The number of ketones is 1. The van der Waals surface area contributed by atoms with Crippen LogP contribution in [0.2, 0.25) is 10.0 Å².